The van der Waals surface area contributed by atoms with Crippen molar-refractivity contribution in [2.75, 3.05) is 10.6 Å². The number of hydrogen-bond acceptors (Lipinski definition) is 4. The van der Waals surface area contributed by atoms with E-state index in [0.29, 0.717) is 32.5 Å². The molecule has 3 aromatic rings. The van der Waals surface area contributed by atoms with Gasteiger partial charge < -0.3 is 10.1 Å². The molecular formula is C30H27Cl5N2O4. The molecule has 41 heavy (non-hydrogen) atoms. The molecule has 6 nitrogen and oxygen atoms in total. The number of ketones is 1. The normalized spacial score (nSPS) is 17.5. The highest BCUT2D eigenvalue weighted by Crippen LogP contribution is 2.65. The lowest BCUT2D eigenvalue weighted by Crippen LogP contribution is -2.27. The van der Waals surface area contributed by atoms with Crippen molar-refractivity contribution in [2.45, 2.75) is 50.0 Å². The number of ether oxygens (including phenoxy) is 1. The largest absolute Gasteiger partial charge is 0.444 e. The van der Waals surface area contributed by atoms with Crippen molar-refractivity contribution in [1.82, 2.24) is 0 Å². The van der Waals surface area contributed by atoms with Crippen LogP contribution in [-0.2, 0) is 16.0 Å². The minimum Gasteiger partial charge on any atom is -0.444 e. The SMILES string of the molecule is Cc1ccc(CC(=O)c2cc(NC(=O)C3C(c4cc(Cl)cc(Cl)c4)C3(Cl)Cl)ccc2Cl)cc1NC(=O)OC(C)(C)C. The quantitative estimate of drug-likeness (QED) is 0.196. The first-order valence-electron chi connectivity index (χ1n) is 12.6. The van der Waals surface area contributed by atoms with E-state index in [1.165, 1.54) is 12.1 Å². The summed E-state index contributed by atoms with van der Waals surface area (Å²) in [6, 6.07) is 14.9. The molecule has 1 aliphatic carbocycles. The Morgan fingerprint density at radius 2 is 1.56 bits per heavy atom. The first-order chi connectivity index (χ1) is 19.0. The molecule has 1 aliphatic rings. The number of aryl methyl sites for hydroxylation is 1. The minimum atomic E-state index is -1.35. The van der Waals surface area contributed by atoms with Crippen LogP contribution in [-0.4, -0.2) is 27.7 Å². The van der Waals surface area contributed by atoms with E-state index in [0.717, 1.165) is 5.56 Å². The summed E-state index contributed by atoms with van der Waals surface area (Å²) in [6.45, 7) is 7.15. The summed E-state index contributed by atoms with van der Waals surface area (Å²) in [5.41, 5.74) is 2.58. The Morgan fingerprint density at radius 1 is 0.902 bits per heavy atom. The molecule has 11 heteroatoms. The minimum absolute atomic E-state index is 0.00704. The lowest BCUT2D eigenvalue weighted by Gasteiger charge is -2.20. The van der Waals surface area contributed by atoms with Crippen LogP contribution in [0.4, 0.5) is 16.2 Å². The number of nitrogens with one attached hydrogen (secondary N) is 2. The average Bonchev–Trinajstić information content (AvgIpc) is 3.42. The van der Waals surface area contributed by atoms with Gasteiger partial charge in [0.05, 0.1) is 10.9 Å². The fourth-order valence-corrected chi connectivity index (χ4v) is 6.06. The number of carbonyl (C=O) groups is 3. The monoisotopic (exact) mass is 654 g/mol. The van der Waals surface area contributed by atoms with Gasteiger partial charge in [0.1, 0.15) is 9.93 Å². The summed E-state index contributed by atoms with van der Waals surface area (Å²) < 4.78 is 3.98. The molecule has 3 aromatic carbocycles. The van der Waals surface area contributed by atoms with Crippen LogP contribution in [0.2, 0.25) is 15.1 Å². The zero-order chi connectivity index (χ0) is 30.3. The summed E-state index contributed by atoms with van der Waals surface area (Å²) >= 11 is 31.5. The number of halogens is 5. The predicted molar refractivity (Wildman–Crippen MR) is 166 cm³/mol. The molecule has 1 fully saturated rings. The number of alkyl halides is 2. The number of amides is 2. The van der Waals surface area contributed by atoms with E-state index in [9.17, 15) is 14.4 Å². The van der Waals surface area contributed by atoms with Crippen molar-refractivity contribution in [3.63, 3.8) is 0 Å². The Bertz CT molecular complexity index is 1510. The summed E-state index contributed by atoms with van der Waals surface area (Å²) in [4.78, 5) is 38.6. The molecule has 216 valence electrons. The first kappa shape index (κ1) is 31.5. The summed E-state index contributed by atoms with van der Waals surface area (Å²) in [7, 11) is 0. The molecule has 0 aromatic heterocycles. The van der Waals surface area contributed by atoms with Crippen LogP contribution < -0.4 is 10.6 Å². The number of benzene rings is 3. The maximum absolute atomic E-state index is 13.3. The van der Waals surface area contributed by atoms with Gasteiger partial charge in [-0.25, -0.2) is 4.79 Å². The van der Waals surface area contributed by atoms with Crippen LogP contribution in [0.5, 0.6) is 0 Å². The van der Waals surface area contributed by atoms with Crippen molar-refractivity contribution in [3.8, 4) is 0 Å². The van der Waals surface area contributed by atoms with Crippen LogP contribution >= 0.6 is 58.0 Å². The number of rotatable bonds is 7. The highest BCUT2D eigenvalue weighted by molar-refractivity contribution is 6.53. The lowest BCUT2D eigenvalue weighted by atomic mass is 10.0. The van der Waals surface area contributed by atoms with E-state index >= 15 is 0 Å². The number of Topliss-reactive ketones (excluding diaryl/α,β-unsaturated/α-hetero) is 1. The molecule has 4 rings (SSSR count). The van der Waals surface area contributed by atoms with Crippen LogP contribution in [0.3, 0.4) is 0 Å². The molecule has 0 heterocycles. The molecular weight excluding hydrogens is 630 g/mol. The summed E-state index contributed by atoms with van der Waals surface area (Å²) in [5, 5.41) is 6.56. The Morgan fingerprint density at radius 3 is 2.20 bits per heavy atom. The molecule has 2 unspecified atom stereocenters. The standard InChI is InChI=1S/C30H27Cl5N2O4/c1-15-5-6-16(9-23(15)37-28(40)41-29(2,3)4)10-24(38)21-14-20(7-8-22(21)33)36-27(39)26-25(30(26,34)35)17-11-18(31)13-19(32)12-17/h5-9,11-14,25-26H,10H2,1-4H3,(H,36,39)(H,37,40). The van der Waals surface area contributed by atoms with Gasteiger partial charge in [-0.05, 0) is 86.8 Å². The second kappa shape index (κ2) is 12.0. The third-order valence-electron chi connectivity index (χ3n) is 6.42. The number of hydrogen-bond donors (Lipinski definition) is 2. The summed E-state index contributed by atoms with van der Waals surface area (Å²) in [6.07, 6.45) is -0.586. The smallest absolute Gasteiger partial charge is 0.412 e. The van der Waals surface area contributed by atoms with Gasteiger partial charge in [-0.3, -0.25) is 14.9 Å². The Labute approximate surface area is 263 Å². The van der Waals surface area contributed by atoms with Gasteiger partial charge in [0.2, 0.25) is 5.91 Å². The lowest BCUT2D eigenvalue weighted by molar-refractivity contribution is -0.117. The van der Waals surface area contributed by atoms with Crippen molar-refractivity contribution in [2.24, 2.45) is 5.92 Å². The van der Waals surface area contributed by atoms with Crippen LogP contribution in [0.15, 0.2) is 54.6 Å². The maximum Gasteiger partial charge on any atom is 0.412 e. The summed E-state index contributed by atoms with van der Waals surface area (Å²) in [5.74, 6) is -1.98. The zero-order valence-electron chi connectivity index (χ0n) is 22.6. The zero-order valence-corrected chi connectivity index (χ0v) is 26.4. The molecule has 0 bridgehead atoms. The van der Waals surface area contributed by atoms with Crippen molar-refractivity contribution < 1.29 is 19.1 Å². The van der Waals surface area contributed by atoms with Gasteiger partial charge in [0.25, 0.3) is 0 Å². The molecule has 0 radical (unpaired) electrons. The molecule has 2 amide bonds. The van der Waals surface area contributed by atoms with E-state index < -0.39 is 33.8 Å². The van der Waals surface area contributed by atoms with Gasteiger partial charge >= 0.3 is 6.09 Å². The van der Waals surface area contributed by atoms with Gasteiger partial charge in [0.15, 0.2) is 5.78 Å². The fraction of sp³-hybridized carbons (Fsp3) is 0.300. The fourth-order valence-electron chi connectivity index (χ4n) is 4.47. The van der Waals surface area contributed by atoms with E-state index in [2.05, 4.69) is 10.6 Å². The third kappa shape index (κ3) is 7.68. The van der Waals surface area contributed by atoms with E-state index in [-0.39, 0.29) is 22.8 Å². The van der Waals surface area contributed by atoms with E-state index in [1.807, 2.05) is 6.92 Å². The van der Waals surface area contributed by atoms with Crippen molar-refractivity contribution in [1.29, 1.82) is 0 Å². The number of anilines is 2. The topological polar surface area (TPSA) is 84.5 Å². The average molecular weight is 657 g/mol. The van der Waals surface area contributed by atoms with E-state index in [1.54, 1.807) is 63.2 Å². The highest BCUT2D eigenvalue weighted by Gasteiger charge is 2.67. The van der Waals surface area contributed by atoms with Crippen LogP contribution in [0, 0.1) is 12.8 Å². The highest BCUT2D eigenvalue weighted by atomic mass is 35.5. The van der Waals surface area contributed by atoms with Crippen molar-refractivity contribution >= 4 is 87.2 Å². The Balaban J connectivity index is 1.47. The van der Waals surface area contributed by atoms with Gasteiger partial charge in [0, 0.05) is 39.3 Å². The number of carbonyl (C=O) groups excluding carboxylic acids is 3. The molecule has 0 aliphatic heterocycles. The predicted octanol–water partition coefficient (Wildman–Crippen LogP) is 9.25. The second-order valence-electron chi connectivity index (χ2n) is 10.9. The van der Waals surface area contributed by atoms with Crippen molar-refractivity contribution in [3.05, 3.63) is 91.9 Å². The molecule has 0 saturated heterocycles. The van der Waals surface area contributed by atoms with Gasteiger partial charge in [-0.1, -0.05) is 46.9 Å². The Hall–Kier alpha value is -2.48. The van der Waals surface area contributed by atoms with Gasteiger partial charge in [-0.15, -0.1) is 23.2 Å². The second-order valence-corrected chi connectivity index (χ2v) is 13.6. The first-order valence-corrected chi connectivity index (χ1v) is 14.5. The van der Waals surface area contributed by atoms with Crippen LogP contribution in [0.25, 0.3) is 0 Å². The third-order valence-corrected chi connectivity index (χ3v) is 8.12. The van der Waals surface area contributed by atoms with Crippen LogP contribution in [0.1, 0.15) is 53.7 Å². The van der Waals surface area contributed by atoms with E-state index in [4.69, 9.17) is 62.7 Å². The molecule has 0 spiro atoms. The maximum atomic E-state index is 13.3. The Kier molecular flexibility index (Phi) is 9.22. The molecule has 2 atom stereocenters. The molecule has 2 N–H and O–H groups in total. The molecule has 1 saturated carbocycles. The van der Waals surface area contributed by atoms with Gasteiger partial charge in [-0.2, -0.15) is 0 Å².